The van der Waals surface area contributed by atoms with Gasteiger partial charge in [-0.3, -0.25) is 14.9 Å². The Morgan fingerprint density at radius 1 is 1.12 bits per heavy atom. The highest BCUT2D eigenvalue weighted by Crippen LogP contribution is 2.22. The summed E-state index contributed by atoms with van der Waals surface area (Å²) in [6.07, 6.45) is 0.545. The zero-order valence-electron chi connectivity index (χ0n) is 14.2. The van der Waals surface area contributed by atoms with Crippen LogP contribution < -0.4 is 10.6 Å². The predicted molar refractivity (Wildman–Crippen MR) is 101 cm³/mol. The number of carbonyl (C=O) groups is 1. The van der Waals surface area contributed by atoms with Gasteiger partial charge in [0.25, 0.3) is 11.6 Å². The van der Waals surface area contributed by atoms with Crippen LogP contribution >= 0.6 is 12.4 Å². The van der Waals surface area contributed by atoms with E-state index in [2.05, 4.69) is 10.6 Å². The Bertz CT molecular complexity index is 750. The van der Waals surface area contributed by atoms with Gasteiger partial charge in [0, 0.05) is 29.4 Å². The maximum Gasteiger partial charge on any atom is 0.273 e. The summed E-state index contributed by atoms with van der Waals surface area (Å²) in [6, 6.07) is 12.1. The summed E-state index contributed by atoms with van der Waals surface area (Å²) in [5.74, 6) is -0.357. The highest BCUT2D eigenvalue weighted by Gasteiger charge is 2.17. The topological polar surface area (TPSA) is 84.3 Å². The maximum absolute atomic E-state index is 12.5. The number of amides is 1. The Kier molecular flexibility index (Phi) is 8.04. The molecule has 0 spiro atoms. The van der Waals surface area contributed by atoms with Gasteiger partial charge in [0.1, 0.15) is 0 Å². The van der Waals surface area contributed by atoms with Crippen LogP contribution in [0.2, 0.25) is 0 Å². The first kappa shape index (κ1) is 20.6. The molecule has 25 heavy (non-hydrogen) atoms. The van der Waals surface area contributed by atoms with Crippen molar-refractivity contribution in [1.82, 2.24) is 5.32 Å². The molecule has 6 nitrogen and oxygen atoms in total. The van der Waals surface area contributed by atoms with Gasteiger partial charge in [0.15, 0.2) is 0 Å². The number of halogens is 1. The summed E-state index contributed by atoms with van der Waals surface area (Å²) in [6.45, 7) is 5.32. The lowest BCUT2D eigenvalue weighted by Gasteiger charge is -2.11. The van der Waals surface area contributed by atoms with E-state index in [0.717, 1.165) is 12.1 Å². The van der Waals surface area contributed by atoms with Crippen molar-refractivity contribution in [2.24, 2.45) is 0 Å². The third kappa shape index (κ3) is 5.27. The van der Waals surface area contributed by atoms with Crippen LogP contribution in [0.1, 0.15) is 35.3 Å². The second-order valence-electron chi connectivity index (χ2n) is 5.35. The number of nitro benzene ring substituents is 1. The van der Waals surface area contributed by atoms with E-state index in [9.17, 15) is 14.9 Å². The molecule has 0 fully saturated rings. The Labute approximate surface area is 153 Å². The second-order valence-corrected chi connectivity index (χ2v) is 5.35. The number of nitro groups is 1. The van der Waals surface area contributed by atoms with Crippen molar-refractivity contribution in [3.05, 3.63) is 69.3 Å². The van der Waals surface area contributed by atoms with Crippen LogP contribution in [-0.2, 0) is 13.0 Å². The normalized spacial score (nSPS) is 10.0. The third-order valence-corrected chi connectivity index (χ3v) is 3.76. The zero-order chi connectivity index (χ0) is 17.5. The molecule has 0 aliphatic rings. The predicted octanol–water partition coefficient (Wildman–Crippen LogP) is 3.94. The van der Waals surface area contributed by atoms with E-state index in [1.165, 1.54) is 6.07 Å². The number of rotatable bonds is 7. The summed E-state index contributed by atoms with van der Waals surface area (Å²) in [5, 5.41) is 17.2. The van der Waals surface area contributed by atoms with Crippen LogP contribution in [0.4, 0.5) is 11.4 Å². The van der Waals surface area contributed by atoms with Gasteiger partial charge < -0.3 is 10.6 Å². The molecule has 0 aromatic heterocycles. The minimum absolute atomic E-state index is 0. The van der Waals surface area contributed by atoms with Crippen molar-refractivity contribution in [2.75, 3.05) is 11.9 Å². The number of hydrogen-bond donors (Lipinski definition) is 2. The molecule has 0 saturated heterocycles. The van der Waals surface area contributed by atoms with Gasteiger partial charge in [0.2, 0.25) is 0 Å². The van der Waals surface area contributed by atoms with Crippen LogP contribution in [0, 0.1) is 10.1 Å². The number of para-hydroxylation sites is 1. The largest absolute Gasteiger partial charge is 0.322 e. The van der Waals surface area contributed by atoms with E-state index < -0.39 is 4.92 Å². The molecule has 7 heteroatoms. The zero-order valence-corrected chi connectivity index (χ0v) is 15.1. The van der Waals surface area contributed by atoms with E-state index in [-0.39, 0.29) is 29.6 Å². The van der Waals surface area contributed by atoms with Crippen LogP contribution in [0.5, 0.6) is 0 Å². The van der Waals surface area contributed by atoms with Gasteiger partial charge in [0.05, 0.1) is 4.92 Å². The molecule has 1 amide bonds. The first-order valence-corrected chi connectivity index (χ1v) is 7.94. The summed E-state index contributed by atoms with van der Waals surface area (Å²) < 4.78 is 0. The van der Waals surface area contributed by atoms with Gasteiger partial charge in [-0.25, -0.2) is 0 Å². The summed E-state index contributed by atoms with van der Waals surface area (Å²) >= 11 is 0. The quantitative estimate of drug-likeness (QED) is 0.576. The molecule has 0 atom stereocenters. The monoisotopic (exact) mass is 363 g/mol. The molecule has 134 valence electrons. The van der Waals surface area contributed by atoms with E-state index in [1.54, 1.807) is 12.1 Å². The summed E-state index contributed by atoms with van der Waals surface area (Å²) in [4.78, 5) is 23.2. The smallest absolute Gasteiger partial charge is 0.273 e. The molecule has 0 unspecified atom stereocenters. The maximum atomic E-state index is 12.5. The molecule has 0 radical (unpaired) electrons. The van der Waals surface area contributed by atoms with Gasteiger partial charge in [-0.1, -0.05) is 38.1 Å². The lowest BCUT2D eigenvalue weighted by Crippen LogP contribution is -2.17. The van der Waals surface area contributed by atoms with Gasteiger partial charge in [-0.2, -0.15) is 0 Å². The first-order valence-electron chi connectivity index (χ1n) is 7.94. The van der Waals surface area contributed by atoms with E-state index in [0.29, 0.717) is 24.2 Å². The van der Waals surface area contributed by atoms with Gasteiger partial charge >= 0.3 is 0 Å². The molecule has 2 aromatic carbocycles. The number of hydrogen-bond acceptors (Lipinski definition) is 4. The van der Waals surface area contributed by atoms with Crippen molar-refractivity contribution in [2.45, 2.75) is 26.8 Å². The molecule has 2 N–H and O–H groups in total. The Balaban J connectivity index is 0.00000312. The molecule has 0 heterocycles. The minimum atomic E-state index is -0.450. The van der Waals surface area contributed by atoms with Crippen LogP contribution in [-0.4, -0.2) is 17.4 Å². The third-order valence-electron chi connectivity index (χ3n) is 3.76. The number of nitrogens with one attached hydrogen (secondary N) is 2. The average molecular weight is 364 g/mol. The molecular weight excluding hydrogens is 342 g/mol. The fourth-order valence-electron chi connectivity index (χ4n) is 2.42. The number of nitrogens with zero attached hydrogens (tertiary/aromatic N) is 1. The van der Waals surface area contributed by atoms with Crippen molar-refractivity contribution in [1.29, 1.82) is 0 Å². The fraction of sp³-hybridized carbons (Fsp3) is 0.278. The van der Waals surface area contributed by atoms with Crippen molar-refractivity contribution >= 4 is 29.7 Å². The Hall–Kier alpha value is -2.44. The molecule has 0 bridgehead atoms. The van der Waals surface area contributed by atoms with E-state index in [1.807, 2.05) is 38.1 Å². The number of carbonyl (C=O) groups excluding carboxylic acids is 1. The second kappa shape index (κ2) is 9.76. The SMILES string of the molecule is CCNCc1ccccc1NC(=O)c1ccc(CC)c([N+](=O)[O-])c1.Cl. The lowest BCUT2D eigenvalue weighted by atomic mass is 10.1. The molecule has 2 aromatic rings. The molecule has 0 aliphatic heterocycles. The Morgan fingerprint density at radius 3 is 2.48 bits per heavy atom. The highest BCUT2D eigenvalue weighted by molar-refractivity contribution is 6.05. The summed E-state index contributed by atoms with van der Waals surface area (Å²) in [5.41, 5.74) is 2.53. The lowest BCUT2D eigenvalue weighted by molar-refractivity contribution is -0.385. The standard InChI is InChI=1S/C18H21N3O3.ClH/c1-3-13-9-10-14(11-17(13)21(23)24)18(22)20-16-8-6-5-7-15(16)12-19-4-2;/h5-11,19H,3-4,12H2,1-2H3,(H,20,22);1H. The fourth-order valence-corrected chi connectivity index (χ4v) is 2.42. The first-order chi connectivity index (χ1) is 11.6. The summed E-state index contributed by atoms with van der Waals surface area (Å²) in [7, 11) is 0. The van der Waals surface area contributed by atoms with Gasteiger partial charge in [-0.15, -0.1) is 12.4 Å². The van der Waals surface area contributed by atoms with Crippen LogP contribution in [0.3, 0.4) is 0 Å². The highest BCUT2D eigenvalue weighted by atomic mass is 35.5. The minimum Gasteiger partial charge on any atom is -0.322 e. The van der Waals surface area contributed by atoms with Crippen molar-refractivity contribution in [3.8, 4) is 0 Å². The van der Waals surface area contributed by atoms with E-state index in [4.69, 9.17) is 0 Å². The van der Waals surface area contributed by atoms with E-state index >= 15 is 0 Å². The van der Waals surface area contributed by atoms with Crippen molar-refractivity contribution < 1.29 is 9.72 Å². The van der Waals surface area contributed by atoms with Crippen LogP contribution in [0.25, 0.3) is 0 Å². The van der Waals surface area contributed by atoms with Crippen LogP contribution in [0.15, 0.2) is 42.5 Å². The van der Waals surface area contributed by atoms with Gasteiger partial charge in [-0.05, 0) is 30.7 Å². The number of benzene rings is 2. The number of aryl methyl sites for hydroxylation is 1. The molecule has 0 saturated carbocycles. The average Bonchev–Trinajstić information content (AvgIpc) is 2.60. The Morgan fingerprint density at radius 2 is 1.84 bits per heavy atom. The molecule has 2 rings (SSSR count). The molecule has 0 aliphatic carbocycles. The molecular formula is C18H22ClN3O3. The number of anilines is 1. The van der Waals surface area contributed by atoms with Crippen molar-refractivity contribution in [3.63, 3.8) is 0 Å².